The second-order valence-electron chi connectivity index (χ2n) is 5.53. The molecule has 1 heterocycles. The zero-order valence-electron chi connectivity index (χ0n) is 13.1. The van der Waals surface area contributed by atoms with E-state index in [2.05, 4.69) is 10.6 Å². The Labute approximate surface area is 134 Å². The van der Waals surface area contributed by atoms with E-state index in [4.69, 9.17) is 4.42 Å². The van der Waals surface area contributed by atoms with Crippen LogP contribution in [0.5, 0.6) is 0 Å². The van der Waals surface area contributed by atoms with Crippen LogP contribution in [0, 0.1) is 5.92 Å². The number of hydrogen-bond donors (Lipinski definition) is 3. The third kappa shape index (κ3) is 4.69. The maximum Gasteiger partial charge on any atom is 0.291 e. The number of aliphatic hydroxyl groups excluding tert-OH is 1. The van der Waals surface area contributed by atoms with Crippen LogP contribution >= 0.6 is 0 Å². The zero-order valence-corrected chi connectivity index (χ0v) is 13.1. The van der Waals surface area contributed by atoms with Crippen molar-refractivity contribution in [2.24, 2.45) is 5.92 Å². The summed E-state index contributed by atoms with van der Waals surface area (Å²) < 4.78 is 5.01. The zero-order chi connectivity index (χ0) is 16.8. The number of hydrogen-bond acceptors (Lipinski definition) is 4. The molecule has 122 valence electrons. The summed E-state index contributed by atoms with van der Waals surface area (Å²) in [4.78, 5) is 24.0. The Hall–Kier alpha value is -2.60. The van der Waals surface area contributed by atoms with Crippen LogP contribution in [0.4, 0.5) is 5.69 Å². The normalized spacial score (nSPS) is 12.0. The molecule has 1 aromatic carbocycles. The summed E-state index contributed by atoms with van der Waals surface area (Å²) >= 11 is 0. The van der Waals surface area contributed by atoms with Gasteiger partial charge in [0.15, 0.2) is 5.76 Å². The van der Waals surface area contributed by atoms with Crippen LogP contribution in [0.25, 0.3) is 0 Å². The maximum atomic E-state index is 12.1. The van der Waals surface area contributed by atoms with Gasteiger partial charge < -0.3 is 20.2 Å². The van der Waals surface area contributed by atoms with E-state index in [0.29, 0.717) is 11.3 Å². The highest BCUT2D eigenvalue weighted by molar-refractivity contribution is 6.03. The van der Waals surface area contributed by atoms with Gasteiger partial charge in [0, 0.05) is 17.8 Å². The molecular weight excluding hydrogens is 296 g/mol. The third-order valence-electron chi connectivity index (χ3n) is 3.37. The molecule has 0 aliphatic heterocycles. The van der Waals surface area contributed by atoms with Crippen molar-refractivity contribution in [3.63, 3.8) is 0 Å². The number of rotatable bonds is 6. The van der Waals surface area contributed by atoms with Crippen LogP contribution < -0.4 is 10.6 Å². The second-order valence-corrected chi connectivity index (χ2v) is 5.53. The van der Waals surface area contributed by atoms with Crippen molar-refractivity contribution in [2.75, 3.05) is 11.9 Å². The van der Waals surface area contributed by atoms with Gasteiger partial charge in [-0.1, -0.05) is 19.9 Å². The van der Waals surface area contributed by atoms with E-state index in [0.717, 1.165) is 0 Å². The Bertz CT molecular complexity index is 665. The van der Waals surface area contributed by atoms with Crippen molar-refractivity contribution in [1.82, 2.24) is 5.32 Å². The fourth-order valence-electron chi connectivity index (χ4n) is 1.87. The number of carbonyl (C=O) groups excluding carboxylic acids is 2. The van der Waals surface area contributed by atoms with E-state index in [1.807, 2.05) is 13.8 Å². The summed E-state index contributed by atoms with van der Waals surface area (Å²) in [5.74, 6) is -0.435. The first kappa shape index (κ1) is 16.8. The van der Waals surface area contributed by atoms with Gasteiger partial charge in [0.25, 0.3) is 11.8 Å². The molecule has 2 amide bonds. The minimum atomic E-state index is -0.596. The lowest BCUT2D eigenvalue weighted by Gasteiger charge is -2.15. The van der Waals surface area contributed by atoms with Crippen LogP contribution in [-0.4, -0.2) is 29.6 Å². The fourth-order valence-corrected chi connectivity index (χ4v) is 1.87. The first-order valence-corrected chi connectivity index (χ1v) is 7.38. The quantitative estimate of drug-likeness (QED) is 0.762. The van der Waals surface area contributed by atoms with Gasteiger partial charge in [-0.25, -0.2) is 0 Å². The van der Waals surface area contributed by atoms with Gasteiger partial charge in [-0.2, -0.15) is 0 Å². The van der Waals surface area contributed by atoms with Crippen LogP contribution in [0.15, 0.2) is 47.1 Å². The Kier molecular flexibility index (Phi) is 5.54. The Morgan fingerprint density at radius 3 is 2.61 bits per heavy atom. The van der Waals surface area contributed by atoms with Crippen molar-refractivity contribution in [2.45, 2.75) is 20.0 Å². The van der Waals surface area contributed by atoms with E-state index < -0.39 is 6.10 Å². The number of anilines is 1. The molecule has 0 aliphatic carbocycles. The highest BCUT2D eigenvalue weighted by Crippen LogP contribution is 2.13. The maximum absolute atomic E-state index is 12.1. The van der Waals surface area contributed by atoms with Gasteiger partial charge in [-0.05, 0) is 36.2 Å². The van der Waals surface area contributed by atoms with Crippen LogP contribution in [-0.2, 0) is 0 Å². The molecule has 0 saturated carbocycles. The minimum absolute atomic E-state index is 0.0641. The minimum Gasteiger partial charge on any atom is -0.459 e. The number of carbonyl (C=O) groups is 2. The van der Waals surface area contributed by atoms with E-state index in [9.17, 15) is 14.7 Å². The molecule has 0 fully saturated rings. The topological polar surface area (TPSA) is 91.6 Å². The molecule has 1 aromatic heterocycles. The van der Waals surface area contributed by atoms with Gasteiger partial charge in [0.2, 0.25) is 0 Å². The molecule has 1 atom stereocenters. The van der Waals surface area contributed by atoms with Gasteiger partial charge in [0.05, 0.1) is 12.4 Å². The molecule has 0 spiro atoms. The lowest BCUT2D eigenvalue weighted by atomic mass is 10.1. The Morgan fingerprint density at radius 2 is 1.96 bits per heavy atom. The summed E-state index contributed by atoms with van der Waals surface area (Å²) in [5, 5.41) is 15.0. The summed E-state index contributed by atoms with van der Waals surface area (Å²) in [7, 11) is 0. The molecule has 2 rings (SSSR count). The standard InChI is InChI=1S/C17H20N2O4/c1-11(2)14(20)10-18-16(21)12-5-3-6-13(9-12)19-17(22)15-7-4-8-23-15/h3-9,11,14,20H,10H2,1-2H3,(H,18,21)(H,19,22). The van der Waals surface area contributed by atoms with Crippen molar-refractivity contribution in [3.8, 4) is 0 Å². The molecule has 0 radical (unpaired) electrons. The first-order valence-electron chi connectivity index (χ1n) is 7.38. The monoisotopic (exact) mass is 316 g/mol. The summed E-state index contributed by atoms with van der Waals surface area (Å²) in [6, 6.07) is 9.74. The molecule has 0 aliphatic rings. The fraction of sp³-hybridized carbons (Fsp3) is 0.294. The lowest BCUT2D eigenvalue weighted by Crippen LogP contribution is -2.34. The van der Waals surface area contributed by atoms with E-state index in [1.165, 1.54) is 6.26 Å². The first-order chi connectivity index (χ1) is 11.0. The van der Waals surface area contributed by atoms with Gasteiger partial charge in [-0.15, -0.1) is 0 Å². The number of benzene rings is 1. The van der Waals surface area contributed by atoms with Crippen molar-refractivity contribution >= 4 is 17.5 Å². The number of amides is 2. The largest absolute Gasteiger partial charge is 0.459 e. The third-order valence-corrected chi connectivity index (χ3v) is 3.37. The predicted octanol–water partition coefficient (Wildman–Crippen LogP) is 2.28. The highest BCUT2D eigenvalue weighted by atomic mass is 16.3. The van der Waals surface area contributed by atoms with Gasteiger partial charge in [0.1, 0.15) is 0 Å². The smallest absolute Gasteiger partial charge is 0.291 e. The molecule has 0 saturated heterocycles. The van der Waals surface area contributed by atoms with Gasteiger partial charge in [-0.3, -0.25) is 9.59 Å². The molecule has 23 heavy (non-hydrogen) atoms. The molecule has 3 N–H and O–H groups in total. The van der Waals surface area contributed by atoms with E-state index >= 15 is 0 Å². The predicted molar refractivity (Wildman–Crippen MR) is 86.3 cm³/mol. The molecule has 6 nitrogen and oxygen atoms in total. The van der Waals surface area contributed by atoms with Crippen molar-refractivity contribution in [3.05, 3.63) is 54.0 Å². The summed E-state index contributed by atoms with van der Waals surface area (Å²) in [6.07, 6.45) is 0.819. The molecule has 6 heteroatoms. The van der Waals surface area contributed by atoms with Gasteiger partial charge >= 0.3 is 0 Å². The molecule has 0 bridgehead atoms. The van der Waals surface area contributed by atoms with Crippen molar-refractivity contribution in [1.29, 1.82) is 0 Å². The van der Waals surface area contributed by atoms with Crippen LogP contribution in [0.2, 0.25) is 0 Å². The van der Waals surface area contributed by atoms with Crippen LogP contribution in [0.1, 0.15) is 34.8 Å². The summed E-state index contributed by atoms with van der Waals surface area (Å²) in [5.41, 5.74) is 0.890. The summed E-state index contributed by atoms with van der Waals surface area (Å²) in [6.45, 7) is 3.93. The van der Waals surface area contributed by atoms with E-state index in [-0.39, 0.29) is 30.0 Å². The molecule has 2 aromatic rings. The Balaban J connectivity index is 1.99. The lowest BCUT2D eigenvalue weighted by molar-refractivity contribution is 0.0871. The van der Waals surface area contributed by atoms with Crippen LogP contribution in [0.3, 0.4) is 0 Å². The molecule has 1 unspecified atom stereocenters. The number of nitrogens with one attached hydrogen (secondary N) is 2. The van der Waals surface area contributed by atoms with E-state index in [1.54, 1.807) is 36.4 Å². The Morgan fingerprint density at radius 1 is 1.17 bits per heavy atom. The SMILES string of the molecule is CC(C)C(O)CNC(=O)c1cccc(NC(=O)c2ccco2)c1. The van der Waals surface area contributed by atoms with Crippen molar-refractivity contribution < 1.29 is 19.1 Å². The molecular formula is C17H20N2O4. The highest BCUT2D eigenvalue weighted by Gasteiger charge is 2.13. The average Bonchev–Trinajstić information content (AvgIpc) is 3.07. The average molecular weight is 316 g/mol. The number of furan rings is 1. The number of aliphatic hydroxyl groups is 1. The second kappa shape index (κ2) is 7.60.